The number of rotatable bonds is 8. The first-order chi connectivity index (χ1) is 16.7. The van der Waals surface area contributed by atoms with Gasteiger partial charge in [0.15, 0.2) is 0 Å². The van der Waals surface area contributed by atoms with E-state index in [0.717, 1.165) is 21.8 Å². The van der Waals surface area contributed by atoms with Gasteiger partial charge in [-0.2, -0.15) is 0 Å². The number of aryl methyl sites for hydroxylation is 1. The number of aromatic nitrogens is 2. The van der Waals surface area contributed by atoms with Crippen molar-refractivity contribution in [1.29, 1.82) is 0 Å². The number of benzene rings is 2. The monoisotopic (exact) mass is 491 g/mol. The SMILES string of the molecule is Cc1nc2cc(C(=O)Nc3cc(-c4cccs4)ccc3N)ccc2n1CCOC(=O)[C@@H](N)C(C)C. The van der Waals surface area contributed by atoms with E-state index in [2.05, 4.69) is 10.3 Å². The summed E-state index contributed by atoms with van der Waals surface area (Å²) in [5.74, 6) is 0.0836. The first-order valence-electron chi connectivity index (χ1n) is 11.4. The number of nitrogens with two attached hydrogens (primary N) is 2. The van der Waals surface area contributed by atoms with Gasteiger partial charge < -0.3 is 26.1 Å². The minimum absolute atomic E-state index is 0.0106. The van der Waals surface area contributed by atoms with Gasteiger partial charge in [0.05, 0.1) is 29.0 Å². The Balaban J connectivity index is 1.48. The molecule has 0 unspecified atom stereocenters. The first-order valence-corrected chi connectivity index (χ1v) is 12.3. The standard InChI is InChI=1S/C26H29N5O3S/c1-15(2)24(28)26(33)34-11-10-31-16(3)29-21-14-18(7-9-22(21)31)25(32)30-20-13-17(6-8-19(20)27)23-5-4-12-35-23/h4-9,12-15,24H,10-11,27-28H2,1-3H3,(H,30,32)/t24-/m0/s1. The maximum Gasteiger partial charge on any atom is 0.323 e. The number of amides is 1. The molecule has 0 spiro atoms. The van der Waals surface area contributed by atoms with E-state index in [1.165, 1.54) is 0 Å². The van der Waals surface area contributed by atoms with Crippen LogP contribution in [0.5, 0.6) is 0 Å². The summed E-state index contributed by atoms with van der Waals surface area (Å²) >= 11 is 1.62. The Labute approximate surface area is 207 Å². The number of imidazole rings is 1. The molecule has 0 saturated heterocycles. The molecule has 1 amide bonds. The van der Waals surface area contributed by atoms with Crippen molar-refractivity contribution in [2.75, 3.05) is 17.7 Å². The van der Waals surface area contributed by atoms with E-state index in [-0.39, 0.29) is 18.4 Å². The summed E-state index contributed by atoms with van der Waals surface area (Å²) in [5.41, 5.74) is 16.0. The molecule has 35 heavy (non-hydrogen) atoms. The molecule has 1 atom stereocenters. The fraction of sp³-hybridized carbons (Fsp3) is 0.269. The molecule has 182 valence electrons. The van der Waals surface area contributed by atoms with Crippen LogP contribution in [0.3, 0.4) is 0 Å². The fourth-order valence-corrected chi connectivity index (χ4v) is 4.46. The topological polar surface area (TPSA) is 125 Å². The number of fused-ring (bicyclic) bond motifs is 1. The number of carbonyl (C=O) groups excluding carboxylic acids is 2. The lowest BCUT2D eigenvalue weighted by molar-refractivity contribution is -0.146. The molecule has 8 nitrogen and oxygen atoms in total. The third kappa shape index (κ3) is 5.36. The van der Waals surface area contributed by atoms with Crippen LogP contribution >= 0.6 is 11.3 Å². The van der Waals surface area contributed by atoms with Gasteiger partial charge in [-0.25, -0.2) is 4.98 Å². The molecule has 0 fully saturated rings. The van der Waals surface area contributed by atoms with E-state index in [1.807, 2.05) is 61.1 Å². The molecule has 4 rings (SSSR count). The van der Waals surface area contributed by atoms with Gasteiger partial charge in [0.1, 0.15) is 18.5 Å². The van der Waals surface area contributed by atoms with Gasteiger partial charge >= 0.3 is 5.97 Å². The molecule has 2 heterocycles. The summed E-state index contributed by atoms with van der Waals surface area (Å²) in [6.07, 6.45) is 0. The molecule has 0 aliphatic rings. The van der Waals surface area contributed by atoms with Crippen molar-refractivity contribution in [2.45, 2.75) is 33.4 Å². The van der Waals surface area contributed by atoms with Crippen LogP contribution in [0.25, 0.3) is 21.5 Å². The molecule has 9 heteroatoms. The molecule has 2 aromatic heterocycles. The lowest BCUT2D eigenvalue weighted by atomic mass is 10.1. The number of esters is 1. The molecule has 0 radical (unpaired) electrons. The van der Waals surface area contributed by atoms with Crippen LogP contribution in [0.1, 0.15) is 30.0 Å². The van der Waals surface area contributed by atoms with Crippen molar-refractivity contribution in [3.63, 3.8) is 0 Å². The lowest BCUT2D eigenvalue weighted by Gasteiger charge is -2.15. The van der Waals surface area contributed by atoms with Gasteiger partial charge in [0, 0.05) is 10.4 Å². The van der Waals surface area contributed by atoms with Crippen molar-refractivity contribution in [3.05, 3.63) is 65.3 Å². The van der Waals surface area contributed by atoms with E-state index < -0.39 is 12.0 Å². The Bertz CT molecular complexity index is 1360. The van der Waals surface area contributed by atoms with Gasteiger partial charge in [-0.1, -0.05) is 26.0 Å². The van der Waals surface area contributed by atoms with Gasteiger partial charge in [-0.3, -0.25) is 9.59 Å². The summed E-state index contributed by atoms with van der Waals surface area (Å²) < 4.78 is 7.28. The van der Waals surface area contributed by atoms with Crippen LogP contribution in [-0.4, -0.2) is 34.1 Å². The molecule has 2 aromatic carbocycles. The highest BCUT2D eigenvalue weighted by atomic mass is 32.1. The highest BCUT2D eigenvalue weighted by Gasteiger charge is 2.19. The average molecular weight is 492 g/mol. The van der Waals surface area contributed by atoms with E-state index >= 15 is 0 Å². The summed E-state index contributed by atoms with van der Waals surface area (Å²) in [5, 5.41) is 4.92. The number of hydrogen-bond donors (Lipinski definition) is 3. The molecular weight excluding hydrogens is 462 g/mol. The van der Waals surface area contributed by atoms with Gasteiger partial charge in [0.25, 0.3) is 5.91 Å². The first kappa shape index (κ1) is 24.4. The van der Waals surface area contributed by atoms with Gasteiger partial charge in [-0.05, 0) is 60.2 Å². The zero-order valence-corrected chi connectivity index (χ0v) is 20.8. The number of nitrogens with one attached hydrogen (secondary N) is 1. The molecule has 0 aliphatic carbocycles. The van der Waals surface area contributed by atoms with E-state index in [9.17, 15) is 9.59 Å². The quantitative estimate of drug-likeness (QED) is 0.247. The molecule has 0 aliphatic heterocycles. The maximum absolute atomic E-state index is 13.0. The Kier molecular flexibility index (Phi) is 7.18. The predicted octanol–water partition coefficient (Wildman–Crippen LogP) is 4.43. The number of hydrogen-bond acceptors (Lipinski definition) is 7. The van der Waals surface area contributed by atoms with E-state index in [4.69, 9.17) is 16.2 Å². The van der Waals surface area contributed by atoms with E-state index in [0.29, 0.717) is 29.0 Å². The second kappa shape index (κ2) is 10.3. The number of anilines is 2. The van der Waals surface area contributed by atoms with Crippen molar-refractivity contribution < 1.29 is 14.3 Å². The van der Waals surface area contributed by atoms with Gasteiger partial charge in [-0.15, -0.1) is 11.3 Å². The maximum atomic E-state index is 13.0. The van der Waals surface area contributed by atoms with Crippen LogP contribution in [0, 0.1) is 12.8 Å². The molecule has 5 N–H and O–H groups in total. The number of ether oxygens (including phenoxy) is 1. The Morgan fingerprint density at radius 3 is 2.69 bits per heavy atom. The number of carbonyl (C=O) groups is 2. The summed E-state index contributed by atoms with van der Waals surface area (Å²) in [6.45, 7) is 6.26. The van der Waals surface area contributed by atoms with Crippen molar-refractivity contribution in [1.82, 2.24) is 9.55 Å². The van der Waals surface area contributed by atoms with Crippen LogP contribution < -0.4 is 16.8 Å². The predicted molar refractivity (Wildman–Crippen MR) is 140 cm³/mol. The van der Waals surface area contributed by atoms with Crippen LogP contribution in [0.15, 0.2) is 53.9 Å². The van der Waals surface area contributed by atoms with Gasteiger partial charge in [0.2, 0.25) is 0 Å². The fourth-order valence-electron chi connectivity index (χ4n) is 3.73. The zero-order chi connectivity index (χ0) is 25.1. The smallest absolute Gasteiger partial charge is 0.323 e. The Morgan fingerprint density at radius 2 is 1.97 bits per heavy atom. The Hall–Kier alpha value is -3.69. The molecule has 0 bridgehead atoms. The zero-order valence-electron chi connectivity index (χ0n) is 19.9. The summed E-state index contributed by atoms with van der Waals surface area (Å²) in [4.78, 5) is 30.7. The normalized spacial score (nSPS) is 12.1. The lowest BCUT2D eigenvalue weighted by Crippen LogP contribution is -2.37. The molecule has 4 aromatic rings. The summed E-state index contributed by atoms with van der Waals surface area (Å²) in [6, 6.07) is 14.3. The number of nitrogen functional groups attached to an aromatic ring is 1. The molecular formula is C26H29N5O3S. The number of nitrogens with zero attached hydrogens (tertiary/aromatic N) is 2. The second-order valence-corrected chi connectivity index (χ2v) is 9.63. The van der Waals surface area contributed by atoms with Crippen molar-refractivity contribution in [2.24, 2.45) is 11.7 Å². The van der Waals surface area contributed by atoms with Crippen LogP contribution in [0.4, 0.5) is 11.4 Å². The third-order valence-electron chi connectivity index (χ3n) is 5.86. The molecule has 0 saturated carbocycles. The average Bonchev–Trinajstić information content (AvgIpc) is 3.47. The second-order valence-electron chi connectivity index (χ2n) is 8.68. The number of thiophene rings is 1. The highest BCUT2D eigenvalue weighted by Crippen LogP contribution is 2.30. The summed E-state index contributed by atoms with van der Waals surface area (Å²) in [7, 11) is 0. The van der Waals surface area contributed by atoms with Crippen LogP contribution in [0.2, 0.25) is 0 Å². The third-order valence-corrected chi connectivity index (χ3v) is 6.78. The van der Waals surface area contributed by atoms with Crippen molar-refractivity contribution in [3.8, 4) is 10.4 Å². The minimum atomic E-state index is -0.642. The van der Waals surface area contributed by atoms with Crippen LogP contribution in [-0.2, 0) is 16.1 Å². The Morgan fingerprint density at radius 1 is 1.17 bits per heavy atom. The van der Waals surface area contributed by atoms with E-state index in [1.54, 1.807) is 29.5 Å². The van der Waals surface area contributed by atoms with Crippen molar-refractivity contribution >= 4 is 45.6 Å². The highest BCUT2D eigenvalue weighted by molar-refractivity contribution is 7.13. The largest absolute Gasteiger partial charge is 0.463 e. The minimum Gasteiger partial charge on any atom is -0.463 e.